The number of hydrogen-bond donors (Lipinski definition) is 1. The summed E-state index contributed by atoms with van der Waals surface area (Å²) in [4.78, 5) is 28.5. The average Bonchev–Trinajstić information content (AvgIpc) is 2.86. The Bertz CT molecular complexity index is 719. The van der Waals surface area contributed by atoms with Crippen LogP contribution in [0.4, 0.5) is 0 Å². The standard InChI is InChI=1S/C18H23N3O3S2/c1-20(2)10-6-9-19-16(22)12-21-17(23)15(26-18(21)25)11-13-7-4-5-8-14(13)24-3/h4-5,7-8,11H,6,9-10,12H2,1-3H3,(H,19,22). The highest BCUT2D eigenvalue weighted by atomic mass is 32.2. The van der Waals surface area contributed by atoms with E-state index >= 15 is 0 Å². The average molecular weight is 394 g/mol. The molecule has 6 nitrogen and oxygen atoms in total. The van der Waals surface area contributed by atoms with E-state index in [1.54, 1.807) is 13.2 Å². The van der Waals surface area contributed by atoms with Crippen LogP contribution in [0.15, 0.2) is 29.2 Å². The summed E-state index contributed by atoms with van der Waals surface area (Å²) in [5.74, 6) is 0.212. The molecular formula is C18H23N3O3S2. The van der Waals surface area contributed by atoms with Crippen molar-refractivity contribution in [2.45, 2.75) is 6.42 Å². The second-order valence-corrected chi connectivity index (χ2v) is 7.69. The maximum Gasteiger partial charge on any atom is 0.266 e. The van der Waals surface area contributed by atoms with Crippen LogP contribution in [0.2, 0.25) is 0 Å². The lowest BCUT2D eigenvalue weighted by Gasteiger charge is -2.15. The lowest BCUT2D eigenvalue weighted by Crippen LogP contribution is -2.40. The van der Waals surface area contributed by atoms with Gasteiger partial charge >= 0.3 is 0 Å². The molecule has 0 bridgehead atoms. The van der Waals surface area contributed by atoms with Gasteiger partial charge in [0.1, 0.15) is 16.6 Å². The normalized spacial score (nSPS) is 15.8. The molecule has 0 saturated carbocycles. The van der Waals surface area contributed by atoms with Crippen LogP contribution < -0.4 is 10.1 Å². The van der Waals surface area contributed by atoms with Gasteiger partial charge in [0.2, 0.25) is 5.91 Å². The maximum atomic E-state index is 12.6. The van der Waals surface area contributed by atoms with Crippen LogP contribution >= 0.6 is 24.0 Å². The molecule has 2 rings (SSSR count). The zero-order valence-electron chi connectivity index (χ0n) is 15.2. The largest absolute Gasteiger partial charge is 0.496 e. The van der Waals surface area contributed by atoms with E-state index in [0.29, 0.717) is 21.5 Å². The van der Waals surface area contributed by atoms with Crippen LogP contribution in [-0.4, -0.2) is 66.8 Å². The molecule has 1 aliphatic rings. The summed E-state index contributed by atoms with van der Waals surface area (Å²) in [7, 11) is 5.55. The van der Waals surface area contributed by atoms with Gasteiger partial charge in [0.05, 0.1) is 12.0 Å². The van der Waals surface area contributed by atoms with E-state index in [2.05, 4.69) is 10.2 Å². The third-order valence-electron chi connectivity index (χ3n) is 3.71. The molecule has 1 aromatic rings. The van der Waals surface area contributed by atoms with Gasteiger partial charge in [-0.1, -0.05) is 42.2 Å². The first-order chi connectivity index (χ1) is 12.4. The maximum absolute atomic E-state index is 12.6. The molecule has 140 valence electrons. The van der Waals surface area contributed by atoms with Gasteiger partial charge in [-0.05, 0) is 39.2 Å². The summed E-state index contributed by atoms with van der Waals surface area (Å²) < 4.78 is 5.69. The molecule has 1 saturated heterocycles. The van der Waals surface area contributed by atoms with Gasteiger partial charge in [-0.15, -0.1) is 0 Å². The molecule has 0 aromatic heterocycles. The fraction of sp³-hybridized carbons (Fsp3) is 0.389. The molecule has 8 heteroatoms. The molecule has 0 radical (unpaired) electrons. The predicted molar refractivity (Wildman–Crippen MR) is 109 cm³/mol. The number of para-hydroxylation sites is 1. The first-order valence-corrected chi connectivity index (χ1v) is 9.44. The minimum atomic E-state index is -0.255. The molecule has 1 aromatic carbocycles. The van der Waals surface area contributed by atoms with Gasteiger partial charge in [-0.3, -0.25) is 14.5 Å². The highest BCUT2D eigenvalue weighted by Crippen LogP contribution is 2.33. The lowest BCUT2D eigenvalue weighted by molar-refractivity contribution is -0.128. The van der Waals surface area contributed by atoms with Gasteiger partial charge in [-0.2, -0.15) is 0 Å². The first-order valence-electron chi connectivity index (χ1n) is 8.22. The highest BCUT2D eigenvalue weighted by molar-refractivity contribution is 8.26. The van der Waals surface area contributed by atoms with Crippen LogP contribution in [-0.2, 0) is 9.59 Å². The Kier molecular flexibility index (Phi) is 7.62. The fourth-order valence-electron chi connectivity index (χ4n) is 2.39. The van der Waals surface area contributed by atoms with Crippen molar-refractivity contribution in [1.29, 1.82) is 0 Å². The van der Waals surface area contributed by atoms with Crippen molar-refractivity contribution in [3.63, 3.8) is 0 Å². The molecule has 1 N–H and O–H groups in total. The summed E-state index contributed by atoms with van der Waals surface area (Å²) in [5, 5.41) is 2.82. The molecule has 1 heterocycles. The zero-order valence-corrected chi connectivity index (χ0v) is 16.8. The van der Waals surface area contributed by atoms with Crippen molar-refractivity contribution < 1.29 is 14.3 Å². The Labute approximate surface area is 163 Å². The summed E-state index contributed by atoms with van der Waals surface area (Å²) in [6.07, 6.45) is 2.60. The van der Waals surface area contributed by atoms with Crippen molar-refractivity contribution in [3.05, 3.63) is 34.7 Å². The van der Waals surface area contributed by atoms with Gasteiger partial charge in [-0.25, -0.2) is 0 Å². The van der Waals surface area contributed by atoms with E-state index in [1.165, 1.54) is 16.7 Å². The fourth-order valence-corrected chi connectivity index (χ4v) is 3.63. The Hall–Kier alpha value is -1.90. The predicted octanol–water partition coefficient (Wildman–Crippen LogP) is 1.96. The number of rotatable bonds is 8. The molecule has 0 aliphatic carbocycles. The van der Waals surface area contributed by atoms with Gasteiger partial charge in [0.25, 0.3) is 5.91 Å². The number of carbonyl (C=O) groups excluding carboxylic acids is 2. The Morgan fingerprint density at radius 2 is 2.12 bits per heavy atom. The number of methoxy groups -OCH3 is 1. The Morgan fingerprint density at radius 1 is 1.38 bits per heavy atom. The number of nitrogens with one attached hydrogen (secondary N) is 1. The summed E-state index contributed by atoms with van der Waals surface area (Å²) >= 11 is 6.47. The molecule has 0 atom stereocenters. The van der Waals surface area contributed by atoms with Crippen LogP contribution in [0, 0.1) is 0 Å². The third-order valence-corrected chi connectivity index (χ3v) is 5.08. The number of thiocarbonyl (C=S) groups is 1. The summed E-state index contributed by atoms with van der Waals surface area (Å²) in [6, 6.07) is 7.43. The number of thioether (sulfide) groups is 1. The van der Waals surface area contributed by atoms with Crippen molar-refractivity contribution in [3.8, 4) is 5.75 Å². The summed E-state index contributed by atoms with van der Waals surface area (Å²) in [5.41, 5.74) is 0.795. The lowest BCUT2D eigenvalue weighted by atomic mass is 10.2. The van der Waals surface area contributed by atoms with E-state index in [4.69, 9.17) is 17.0 Å². The second-order valence-electron chi connectivity index (χ2n) is 6.02. The van der Waals surface area contributed by atoms with E-state index < -0.39 is 0 Å². The molecule has 0 unspecified atom stereocenters. The van der Waals surface area contributed by atoms with Gasteiger partial charge < -0.3 is 15.0 Å². The minimum absolute atomic E-state index is 0.0596. The second kappa shape index (κ2) is 9.70. The Balaban J connectivity index is 1.98. The first kappa shape index (κ1) is 20.4. The summed E-state index contributed by atoms with van der Waals surface area (Å²) in [6.45, 7) is 1.40. The van der Waals surface area contributed by atoms with Crippen molar-refractivity contribution in [2.75, 3.05) is 40.8 Å². The van der Waals surface area contributed by atoms with Gasteiger partial charge in [0.15, 0.2) is 0 Å². The van der Waals surface area contributed by atoms with Crippen molar-refractivity contribution in [1.82, 2.24) is 15.1 Å². The Morgan fingerprint density at radius 3 is 2.81 bits per heavy atom. The van der Waals surface area contributed by atoms with Crippen LogP contribution in [0.1, 0.15) is 12.0 Å². The van der Waals surface area contributed by atoms with E-state index in [1.807, 2.05) is 38.4 Å². The molecule has 26 heavy (non-hydrogen) atoms. The van der Waals surface area contributed by atoms with E-state index in [-0.39, 0.29) is 18.4 Å². The van der Waals surface area contributed by atoms with Crippen LogP contribution in [0.5, 0.6) is 5.75 Å². The van der Waals surface area contributed by atoms with Crippen LogP contribution in [0.3, 0.4) is 0 Å². The third kappa shape index (κ3) is 5.55. The zero-order chi connectivity index (χ0) is 19.1. The van der Waals surface area contributed by atoms with Crippen molar-refractivity contribution in [2.24, 2.45) is 0 Å². The van der Waals surface area contributed by atoms with E-state index in [0.717, 1.165) is 18.5 Å². The molecule has 1 fully saturated rings. The molecule has 0 spiro atoms. The van der Waals surface area contributed by atoms with Crippen LogP contribution in [0.25, 0.3) is 6.08 Å². The molecular weight excluding hydrogens is 370 g/mol. The minimum Gasteiger partial charge on any atom is -0.496 e. The van der Waals surface area contributed by atoms with E-state index in [9.17, 15) is 9.59 Å². The molecule has 2 amide bonds. The number of ether oxygens (including phenoxy) is 1. The van der Waals surface area contributed by atoms with Crippen molar-refractivity contribution >= 4 is 46.2 Å². The quantitative estimate of drug-likeness (QED) is 0.414. The number of nitrogens with zero attached hydrogens (tertiary/aromatic N) is 2. The SMILES string of the molecule is COc1ccccc1C=C1SC(=S)N(CC(=O)NCCCN(C)C)C1=O. The van der Waals surface area contributed by atoms with Gasteiger partial charge in [0, 0.05) is 12.1 Å². The number of hydrogen-bond acceptors (Lipinski definition) is 6. The molecule has 1 aliphatic heterocycles. The number of amides is 2. The highest BCUT2D eigenvalue weighted by Gasteiger charge is 2.33. The smallest absolute Gasteiger partial charge is 0.266 e. The number of carbonyl (C=O) groups is 2. The monoisotopic (exact) mass is 393 g/mol. The number of benzene rings is 1. The topological polar surface area (TPSA) is 61.9 Å².